The van der Waals surface area contributed by atoms with Crippen LogP contribution in [0.1, 0.15) is 11.3 Å². The van der Waals surface area contributed by atoms with Crippen LogP contribution in [-0.4, -0.2) is 27.0 Å². The monoisotopic (exact) mass is 310 g/mol. The largest absolute Gasteiger partial charge is 0.387 e. The van der Waals surface area contributed by atoms with E-state index in [1.54, 1.807) is 6.07 Å². The van der Waals surface area contributed by atoms with Gasteiger partial charge in [0.15, 0.2) is 0 Å². The summed E-state index contributed by atoms with van der Waals surface area (Å²) in [6, 6.07) is 11.4. The lowest BCUT2D eigenvalue weighted by molar-refractivity contribution is -0.118. The molecule has 23 heavy (non-hydrogen) atoms. The summed E-state index contributed by atoms with van der Waals surface area (Å²) < 4.78 is 2.06. The summed E-state index contributed by atoms with van der Waals surface area (Å²) in [6.45, 7) is 2.12. The van der Waals surface area contributed by atoms with Gasteiger partial charge in [0.25, 0.3) is 0 Å². The van der Waals surface area contributed by atoms with Gasteiger partial charge in [-0.15, -0.1) is 0 Å². The van der Waals surface area contributed by atoms with E-state index in [1.807, 2.05) is 49.6 Å². The maximum absolute atomic E-state index is 11.2. The molecule has 0 saturated heterocycles. The van der Waals surface area contributed by atoms with E-state index in [0.717, 1.165) is 22.6 Å². The van der Waals surface area contributed by atoms with Gasteiger partial charge >= 0.3 is 0 Å². The summed E-state index contributed by atoms with van der Waals surface area (Å²) in [5.41, 5.74) is 4.65. The lowest BCUT2D eigenvalue weighted by Gasteiger charge is -2.09. The quantitative estimate of drug-likeness (QED) is 0.675. The lowest BCUT2D eigenvalue weighted by atomic mass is 10.2. The highest BCUT2D eigenvalue weighted by molar-refractivity contribution is 5.91. The average Bonchev–Trinajstić information content (AvgIpc) is 2.98. The highest BCUT2D eigenvalue weighted by Gasteiger charge is 2.05. The molecular weight excluding hydrogens is 292 g/mol. The fraction of sp³-hybridized carbons (Fsp3) is 0.176. The van der Waals surface area contributed by atoms with Crippen molar-refractivity contribution in [1.82, 2.24) is 9.38 Å². The van der Waals surface area contributed by atoms with Gasteiger partial charge in [-0.2, -0.15) is 0 Å². The summed E-state index contributed by atoms with van der Waals surface area (Å²) in [5.74, 6) is -0.431. The maximum atomic E-state index is 11.2. The number of carbonyl (C=O) groups is 1. The molecule has 0 atom stereocenters. The molecule has 0 fully saturated rings. The number of nitrogens with one attached hydrogen (secondary N) is 2. The molecule has 0 radical (unpaired) electrons. The minimum Gasteiger partial charge on any atom is -0.387 e. The highest BCUT2D eigenvalue weighted by atomic mass is 16.3. The van der Waals surface area contributed by atoms with Crippen molar-refractivity contribution in [3.05, 3.63) is 60.0 Å². The predicted molar refractivity (Wildman–Crippen MR) is 89.4 cm³/mol. The number of hydrogen-bond donors (Lipinski definition) is 3. The molecule has 1 aromatic carbocycles. The number of fused-ring (bicyclic) bond motifs is 1. The van der Waals surface area contributed by atoms with Gasteiger partial charge in [0.05, 0.1) is 18.4 Å². The average molecular weight is 310 g/mol. The van der Waals surface area contributed by atoms with E-state index >= 15 is 0 Å². The number of amides is 1. The molecule has 1 amide bonds. The minimum absolute atomic E-state index is 0.431. The Bertz CT molecular complexity index is 841. The Hall–Kier alpha value is -2.86. The summed E-state index contributed by atoms with van der Waals surface area (Å²) in [6.07, 6.45) is 3.84. The predicted octanol–water partition coefficient (Wildman–Crippen LogP) is 2.19. The summed E-state index contributed by atoms with van der Waals surface area (Å²) >= 11 is 0. The number of carbonyl (C=O) groups excluding carboxylic acids is 1. The second kappa shape index (κ2) is 6.50. The summed E-state index contributed by atoms with van der Waals surface area (Å²) in [7, 11) is 0. The van der Waals surface area contributed by atoms with Gasteiger partial charge in [0.1, 0.15) is 12.3 Å². The van der Waals surface area contributed by atoms with Gasteiger partial charge in [-0.25, -0.2) is 4.98 Å². The number of hydrogen-bond acceptors (Lipinski definition) is 4. The number of aromatic nitrogens is 2. The fourth-order valence-corrected chi connectivity index (χ4v) is 2.43. The van der Waals surface area contributed by atoms with Crippen LogP contribution in [0, 0.1) is 6.92 Å². The molecule has 6 heteroatoms. The van der Waals surface area contributed by atoms with Crippen LogP contribution in [0.15, 0.2) is 48.8 Å². The van der Waals surface area contributed by atoms with Gasteiger partial charge in [-0.1, -0.05) is 12.1 Å². The van der Waals surface area contributed by atoms with Gasteiger partial charge in [0.2, 0.25) is 5.91 Å². The van der Waals surface area contributed by atoms with Crippen LogP contribution in [-0.2, 0) is 11.3 Å². The van der Waals surface area contributed by atoms with E-state index < -0.39 is 12.5 Å². The van der Waals surface area contributed by atoms with E-state index in [4.69, 9.17) is 5.11 Å². The Morgan fingerprint density at radius 1 is 1.26 bits per heavy atom. The first kappa shape index (κ1) is 15.1. The van der Waals surface area contributed by atoms with Crippen molar-refractivity contribution in [2.24, 2.45) is 0 Å². The van der Waals surface area contributed by atoms with Crippen molar-refractivity contribution < 1.29 is 9.90 Å². The van der Waals surface area contributed by atoms with Gasteiger partial charge in [-0.05, 0) is 36.8 Å². The van der Waals surface area contributed by atoms with Crippen LogP contribution >= 0.6 is 0 Å². The molecule has 0 saturated carbocycles. The van der Waals surface area contributed by atoms with Crippen molar-refractivity contribution in [2.75, 3.05) is 17.2 Å². The first-order valence-corrected chi connectivity index (χ1v) is 7.33. The third-order valence-electron chi connectivity index (χ3n) is 3.57. The number of anilines is 2. The molecule has 0 spiro atoms. The lowest BCUT2D eigenvalue weighted by Crippen LogP contribution is -2.15. The molecule has 0 unspecified atom stereocenters. The van der Waals surface area contributed by atoms with Crippen molar-refractivity contribution in [2.45, 2.75) is 13.5 Å². The number of nitrogens with zero attached hydrogens (tertiary/aromatic N) is 2. The van der Waals surface area contributed by atoms with E-state index in [0.29, 0.717) is 12.2 Å². The second-order valence-electron chi connectivity index (χ2n) is 5.27. The smallest absolute Gasteiger partial charge is 0.250 e. The third-order valence-corrected chi connectivity index (χ3v) is 3.57. The highest BCUT2D eigenvalue weighted by Crippen LogP contribution is 2.17. The number of pyridine rings is 1. The molecule has 2 heterocycles. The zero-order valence-corrected chi connectivity index (χ0v) is 12.8. The minimum atomic E-state index is -0.529. The first-order valence-electron chi connectivity index (χ1n) is 7.33. The van der Waals surface area contributed by atoms with Crippen molar-refractivity contribution >= 4 is 22.9 Å². The van der Waals surface area contributed by atoms with Crippen LogP contribution < -0.4 is 10.6 Å². The van der Waals surface area contributed by atoms with Gasteiger partial charge in [0, 0.05) is 17.6 Å². The number of benzene rings is 1. The van der Waals surface area contributed by atoms with Crippen LogP contribution in [0.25, 0.3) is 5.65 Å². The number of aliphatic hydroxyl groups excluding tert-OH is 1. The van der Waals surface area contributed by atoms with Crippen molar-refractivity contribution in [1.29, 1.82) is 0 Å². The van der Waals surface area contributed by atoms with Gasteiger partial charge < -0.3 is 20.1 Å². The molecule has 3 N–H and O–H groups in total. The van der Waals surface area contributed by atoms with E-state index in [9.17, 15) is 4.79 Å². The molecular formula is C17H18N4O2. The summed E-state index contributed by atoms with van der Waals surface area (Å²) in [5, 5.41) is 14.7. The normalized spacial score (nSPS) is 10.7. The zero-order chi connectivity index (χ0) is 16.2. The van der Waals surface area contributed by atoms with Crippen molar-refractivity contribution in [3.63, 3.8) is 0 Å². The summed E-state index contributed by atoms with van der Waals surface area (Å²) in [4.78, 5) is 15.7. The molecule has 3 aromatic rings. The van der Waals surface area contributed by atoms with E-state index in [1.165, 1.54) is 0 Å². The Kier molecular flexibility index (Phi) is 4.25. The number of aryl methyl sites for hydroxylation is 1. The first-order chi connectivity index (χ1) is 11.2. The Morgan fingerprint density at radius 3 is 2.91 bits per heavy atom. The maximum Gasteiger partial charge on any atom is 0.250 e. The molecule has 0 bridgehead atoms. The van der Waals surface area contributed by atoms with Crippen molar-refractivity contribution in [3.8, 4) is 0 Å². The molecule has 0 aliphatic carbocycles. The zero-order valence-electron chi connectivity index (χ0n) is 12.8. The molecule has 0 aliphatic rings. The third kappa shape index (κ3) is 3.32. The van der Waals surface area contributed by atoms with Crippen LogP contribution in [0.3, 0.4) is 0 Å². The van der Waals surface area contributed by atoms with Crippen LogP contribution in [0.2, 0.25) is 0 Å². The SMILES string of the molecule is Cc1cccn2c(CNc3cccc(NC(=O)CO)c3)cnc12. The van der Waals surface area contributed by atoms with Crippen LogP contribution in [0.4, 0.5) is 11.4 Å². The number of rotatable bonds is 5. The molecule has 3 rings (SSSR count). The van der Waals surface area contributed by atoms with E-state index in [2.05, 4.69) is 20.0 Å². The number of aliphatic hydroxyl groups is 1. The standard InChI is InChI=1S/C17H18N4O2/c1-12-4-3-7-21-15(10-19-17(12)21)9-18-13-5-2-6-14(8-13)20-16(23)11-22/h2-8,10,18,22H,9,11H2,1H3,(H,20,23). The molecule has 118 valence electrons. The fourth-order valence-electron chi connectivity index (χ4n) is 2.43. The molecule has 6 nitrogen and oxygen atoms in total. The van der Waals surface area contributed by atoms with Gasteiger partial charge in [-0.3, -0.25) is 4.79 Å². The Balaban J connectivity index is 1.74. The molecule has 2 aromatic heterocycles. The Morgan fingerprint density at radius 2 is 2.09 bits per heavy atom. The number of imidazole rings is 1. The molecule has 0 aliphatic heterocycles. The van der Waals surface area contributed by atoms with Crippen LogP contribution in [0.5, 0.6) is 0 Å². The van der Waals surface area contributed by atoms with E-state index in [-0.39, 0.29) is 0 Å². The second-order valence-corrected chi connectivity index (χ2v) is 5.27. The Labute approximate surface area is 133 Å². The topological polar surface area (TPSA) is 78.7 Å².